The number of fused-ring (bicyclic) bond motifs is 1. The molecular formula is C23H22N4O3S2. The molecule has 1 amide bonds. The first-order valence-corrected chi connectivity index (χ1v) is 12.1. The summed E-state index contributed by atoms with van der Waals surface area (Å²) in [6.07, 6.45) is 1.68. The van der Waals surface area contributed by atoms with Crippen molar-refractivity contribution in [3.8, 4) is 0 Å². The Balaban J connectivity index is 1.74. The smallest absolute Gasteiger partial charge is 0.260 e. The number of nitrogens with zero attached hydrogens (tertiary/aromatic N) is 4. The molecule has 0 unspecified atom stereocenters. The highest BCUT2D eigenvalue weighted by molar-refractivity contribution is 7.89. The molecular weight excluding hydrogens is 444 g/mol. The minimum absolute atomic E-state index is 0.130. The predicted octanol–water partition coefficient (Wildman–Crippen LogP) is 4.10. The molecule has 0 N–H and O–H groups in total. The third-order valence-corrected chi connectivity index (χ3v) is 7.88. The molecule has 0 radical (unpaired) electrons. The van der Waals surface area contributed by atoms with Gasteiger partial charge in [0.1, 0.15) is 0 Å². The zero-order valence-corrected chi connectivity index (χ0v) is 19.5. The lowest BCUT2D eigenvalue weighted by molar-refractivity contribution is 0.0984. The van der Waals surface area contributed by atoms with Crippen LogP contribution in [0.2, 0.25) is 0 Å². The van der Waals surface area contributed by atoms with Crippen LogP contribution in [0.4, 0.5) is 5.13 Å². The van der Waals surface area contributed by atoms with Crippen molar-refractivity contribution in [2.45, 2.75) is 18.4 Å². The Bertz CT molecular complexity index is 1370. The summed E-state index contributed by atoms with van der Waals surface area (Å²) in [4.78, 5) is 24.3. The van der Waals surface area contributed by atoms with Gasteiger partial charge in [0, 0.05) is 25.9 Å². The fraction of sp³-hybridized carbons (Fsp3) is 0.174. The van der Waals surface area contributed by atoms with Crippen LogP contribution in [0.1, 0.15) is 21.6 Å². The first-order chi connectivity index (χ1) is 15.3. The Hall–Kier alpha value is -3.14. The van der Waals surface area contributed by atoms with E-state index in [2.05, 4.69) is 4.98 Å². The van der Waals surface area contributed by atoms with E-state index in [1.807, 2.05) is 43.3 Å². The van der Waals surface area contributed by atoms with E-state index >= 15 is 0 Å². The van der Waals surface area contributed by atoms with Gasteiger partial charge in [-0.1, -0.05) is 29.5 Å². The fourth-order valence-electron chi connectivity index (χ4n) is 3.21. The van der Waals surface area contributed by atoms with Crippen molar-refractivity contribution in [1.82, 2.24) is 14.3 Å². The molecule has 7 nitrogen and oxygen atoms in total. The number of amides is 1. The van der Waals surface area contributed by atoms with Gasteiger partial charge < -0.3 is 0 Å². The topological polar surface area (TPSA) is 83.5 Å². The Morgan fingerprint density at radius 1 is 1.00 bits per heavy atom. The molecule has 0 bridgehead atoms. The molecule has 0 saturated carbocycles. The number of aryl methyl sites for hydroxylation is 1. The van der Waals surface area contributed by atoms with Crippen LogP contribution in [0, 0.1) is 6.92 Å². The van der Waals surface area contributed by atoms with Crippen molar-refractivity contribution in [1.29, 1.82) is 0 Å². The van der Waals surface area contributed by atoms with Gasteiger partial charge in [0.15, 0.2) is 5.13 Å². The molecule has 9 heteroatoms. The van der Waals surface area contributed by atoms with Crippen LogP contribution in [-0.4, -0.2) is 42.7 Å². The Morgan fingerprint density at radius 2 is 1.75 bits per heavy atom. The molecule has 0 atom stereocenters. The van der Waals surface area contributed by atoms with Gasteiger partial charge in [-0.2, -0.15) is 0 Å². The van der Waals surface area contributed by atoms with Gasteiger partial charge >= 0.3 is 0 Å². The summed E-state index contributed by atoms with van der Waals surface area (Å²) >= 11 is 1.44. The molecule has 4 rings (SSSR count). The van der Waals surface area contributed by atoms with Crippen LogP contribution >= 0.6 is 11.3 Å². The minimum Gasteiger partial charge on any atom is -0.278 e. The molecule has 0 aliphatic heterocycles. The van der Waals surface area contributed by atoms with Crippen LogP contribution in [0.15, 0.2) is 71.8 Å². The number of carbonyl (C=O) groups excluding carboxylic acids is 1. The second kappa shape index (κ2) is 8.78. The minimum atomic E-state index is -3.57. The lowest BCUT2D eigenvalue weighted by atomic mass is 10.2. The number of benzene rings is 2. The van der Waals surface area contributed by atoms with Gasteiger partial charge in [-0.15, -0.1) is 0 Å². The fourth-order valence-corrected chi connectivity index (χ4v) is 5.15. The summed E-state index contributed by atoms with van der Waals surface area (Å²) in [5.41, 5.74) is 2.99. The zero-order chi connectivity index (χ0) is 22.9. The number of carbonyl (C=O) groups is 1. The summed E-state index contributed by atoms with van der Waals surface area (Å²) in [5.74, 6) is -0.277. The molecule has 4 aromatic rings. The number of hydrogen-bond acceptors (Lipinski definition) is 6. The predicted molar refractivity (Wildman–Crippen MR) is 126 cm³/mol. The molecule has 0 saturated heterocycles. The van der Waals surface area contributed by atoms with Crippen LogP contribution in [-0.2, 0) is 16.6 Å². The first kappa shape index (κ1) is 22.1. The monoisotopic (exact) mass is 466 g/mol. The summed E-state index contributed by atoms with van der Waals surface area (Å²) in [6.45, 7) is 2.23. The average molecular weight is 467 g/mol. The van der Waals surface area contributed by atoms with E-state index < -0.39 is 10.0 Å². The lowest BCUT2D eigenvalue weighted by Crippen LogP contribution is -2.30. The lowest BCUT2D eigenvalue weighted by Gasteiger charge is -2.20. The molecule has 2 heterocycles. The molecule has 0 spiro atoms. The number of hydrogen-bond donors (Lipinski definition) is 0. The molecule has 2 aromatic heterocycles. The van der Waals surface area contributed by atoms with E-state index in [-0.39, 0.29) is 17.3 Å². The van der Waals surface area contributed by atoms with Crippen molar-refractivity contribution in [2.75, 3.05) is 19.0 Å². The Kier molecular flexibility index (Phi) is 6.05. The first-order valence-electron chi connectivity index (χ1n) is 9.88. The SMILES string of the molecule is Cc1cccc2sc(N(Cc3ccccn3)C(=O)c3ccc(S(=O)(=O)N(C)C)cc3)nc12. The molecule has 164 valence electrons. The number of para-hydroxylation sites is 1. The van der Waals surface area contributed by atoms with Crippen LogP contribution in [0.3, 0.4) is 0 Å². The summed E-state index contributed by atoms with van der Waals surface area (Å²) in [7, 11) is -0.634. The average Bonchev–Trinajstić information content (AvgIpc) is 3.23. The maximum atomic E-state index is 13.5. The summed E-state index contributed by atoms with van der Waals surface area (Å²) in [6, 6.07) is 17.4. The zero-order valence-electron chi connectivity index (χ0n) is 17.9. The third kappa shape index (κ3) is 4.27. The number of aromatic nitrogens is 2. The molecule has 2 aromatic carbocycles. The van der Waals surface area contributed by atoms with Crippen molar-refractivity contribution in [2.24, 2.45) is 0 Å². The number of rotatable bonds is 6. The number of thiazole rings is 1. The van der Waals surface area contributed by atoms with Crippen molar-refractivity contribution >= 4 is 42.6 Å². The third-order valence-electron chi connectivity index (χ3n) is 5.01. The largest absolute Gasteiger partial charge is 0.278 e. The standard InChI is InChI=1S/C23H22N4O3S2/c1-16-7-6-9-20-21(16)25-23(31-20)27(15-18-8-4-5-14-24-18)22(28)17-10-12-19(13-11-17)32(29,30)26(2)3/h4-14H,15H2,1-3H3. The van der Waals surface area contributed by atoms with Gasteiger partial charge in [-0.05, 0) is 55.0 Å². The normalized spacial score (nSPS) is 11.8. The van der Waals surface area contributed by atoms with Gasteiger partial charge in [-0.3, -0.25) is 14.7 Å². The van der Waals surface area contributed by atoms with Crippen molar-refractivity contribution < 1.29 is 13.2 Å². The van der Waals surface area contributed by atoms with Gasteiger partial charge in [0.25, 0.3) is 5.91 Å². The van der Waals surface area contributed by atoms with E-state index in [1.54, 1.807) is 11.1 Å². The highest BCUT2D eigenvalue weighted by Gasteiger charge is 2.24. The van der Waals surface area contributed by atoms with Gasteiger partial charge in [0.2, 0.25) is 10.0 Å². The van der Waals surface area contributed by atoms with E-state index in [9.17, 15) is 13.2 Å². The van der Waals surface area contributed by atoms with Crippen LogP contribution in [0.25, 0.3) is 10.2 Å². The highest BCUT2D eigenvalue weighted by Crippen LogP contribution is 2.32. The molecule has 0 aliphatic carbocycles. The van der Waals surface area contributed by atoms with Crippen LogP contribution < -0.4 is 4.90 Å². The maximum Gasteiger partial charge on any atom is 0.260 e. The molecule has 0 aliphatic rings. The Labute approximate surface area is 191 Å². The van der Waals surface area contributed by atoms with Gasteiger partial charge in [-0.25, -0.2) is 17.7 Å². The number of sulfonamides is 1. The van der Waals surface area contributed by atoms with Crippen molar-refractivity contribution in [3.63, 3.8) is 0 Å². The molecule has 0 fully saturated rings. The second-order valence-electron chi connectivity index (χ2n) is 7.44. The Morgan fingerprint density at radius 3 is 2.38 bits per heavy atom. The number of pyridine rings is 1. The summed E-state index contributed by atoms with van der Waals surface area (Å²) < 4.78 is 26.8. The second-order valence-corrected chi connectivity index (χ2v) is 10.6. The van der Waals surface area contributed by atoms with E-state index in [0.29, 0.717) is 10.7 Å². The van der Waals surface area contributed by atoms with Crippen LogP contribution in [0.5, 0.6) is 0 Å². The summed E-state index contributed by atoms with van der Waals surface area (Å²) in [5, 5.41) is 0.565. The van der Waals surface area contributed by atoms with E-state index in [0.717, 1.165) is 25.8 Å². The molecule has 32 heavy (non-hydrogen) atoms. The van der Waals surface area contributed by atoms with Crippen molar-refractivity contribution in [3.05, 3.63) is 83.7 Å². The van der Waals surface area contributed by atoms with Gasteiger partial charge in [0.05, 0.1) is 27.4 Å². The highest BCUT2D eigenvalue weighted by atomic mass is 32.2. The quantitative estimate of drug-likeness (QED) is 0.427. The van der Waals surface area contributed by atoms with E-state index in [1.165, 1.54) is 49.7 Å². The maximum absolute atomic E-state index is 13.5. The van der Waals surface area contributed by atoms with E-state index in [4.69, 9.17) is 4.98 Å². The number of anilines is 1.